The number of aromatic nitrogens is 1. The number of hydrogen-bond acceptors (Lipinski definition) is 1. The molecule has 144 valence electrons. The van der Waals surface area contributed by atoms with Crippen molar-refractivity contribution in [3.63, 3.8) is 0 Å². The summed E-state index contributed by atoms with van der Waals surface area (Å²) in [5.41, 5.74) is 14.5. The van der Waals surface area contributed by atoms with Crippen LogP contribution < -0.4 is 11.5 Å². The third kappa shape index (κ3) is 3.86. The van der Waals surface area contributed by atoms with Crippen LogP contribution >= 0.6 is 11.6 Å². The van der Waals surface area contributed by atoms with Gasteiger partial charge < -0.3 is 16.0 Å². The molecule has 0 radical (unpaired) electrons. The highest BCUT2D eigenvalue weighted by Gasteiger charge is 2.16. The maximum Gasteiger partial charge on any atom is 0.268 e. The van der Waals surface area contributed by atoms with Crippen molar-refractivity contribution in [2.75, 3.05) is 0 Å². The second-order valence-corrected chi connectivity index (χ2v) is 7.09. The molecule has 0 fully saturated rings. The van der Waals surface area contributed by atoms with Crippen molar-refractivity contribution in [2.45, 2.75) is 6.54 Å². The number of nitrogens with two attached hydrogens (primary N) is 2. The Kier molecular flexibility index (Phi) is 5.06. The zero-order valence-corrected chi connectivity index (χ0v) is 16.3. The third-order valence-electron chi connectivity index (χ3n) is 4.71. The van der Waals surface area contributed by atoms with Crippen LogP contribution in [0.3, 0.4) is 0 Å². The molecule has 1 heterocycles. The molecule has 0 saturated carbocycles. The van der Waals surface area contributed by atoms with Gasteiger partial charge >= 0.3 is 0 Å². The van der Waals surface area contributed by atoms with E-state index in [1.54, 1.807) is 0 Å². The van der Waals surface area contributed by atoms with E-state index in [0.29, 0.717) is 5.02 Å². The third-order valence-corrected chi connectivity index (χ3v) is 4.95. The largest absolute Gasteiger partial charge is 0.370 e. The van der Waals surface area contributed by atoms with Gasteiger partial charge in [-0.1, -0.05) is 66.2 Å². The summed E-state index contributed by atoms with van der Waals surface area (Å²) in [5, 5.41) is 2.84. The number of amides is 1. The number of aliphatic imine (C=N–C) groups is 1. The van der Waals surface area contributed by atoms with Gasteiger partial charge in [0.2, 0.25) is 0 Å². The first-order chi connectivity index (χ1) is 14.0. The van der Waals surface area contributed by atoms with Crippen molar-refractivity contribution in [1.29, 1.82) is 0 Å². The van der Waals surface area contributed by atoms with Crippen LogP contribution in [0.2, 0.25) is 5.02 Å². The number of guanidine groups is 1. The average molecular weight is 403 g/mol. The van der Waals surface area contributed by atoms with Crippen LogP contribution in [-0.4, -0.2) is 16.4 Å². The molecule has 4 rings (SSSR count). The Morgan fingerprint density at radius 2 is 1.62 bits per heavy atom. The maximum absolute atomic E-state index is 12.4. The molecule has 0 aliphatic carbocycles. The second-order valence-electron chi connectivity index (χ2n) is 6.66. The number of benzene rings is 3. The lowest BCUT2D eigenvalue weighted by Crippen LogP contribution is -2.25. The number of rotatable bonds is 4. The van der Waals surface area contributed by atoms with Crippen LogP contribution in [0.25, 0.3) is 33.3 Å². The van der Waals surface area contributed by atoms with Gasteiger partial charge in [-0.15, -0.1) is 0 Å². The lowest BCUT2D eigenvalue weighted by Gasteiger charge is -2.14. The number of fused-ring (bicyclic) bond motifs is 1. The molecule has 1 amide bonds. The highest BCUT2D eigenvalue weighted by atomic mass is 35.5. The first kappa shape index (κ1) is 18.8. The number of nitrogens with zero attached hydrogens (tertiary/aromatic N) is 2. The van der Waals surface area contributed by atoms with Gasteiger partial charge in [-0.3, -0.25) is 4.79 Å². The minimum Gasteiger partial charge on any atom is -0.370 e. The Morgan fingerprint density at radius 3 is 2.41 bits per heavy atom. The minimum atomic E-state index is -0.425. The molecule has 0 aliphatic rings. The highest BCUT2D eigenvalue weighted by Crippen LogP contribution is 2.34. The molecule has 0 bridgehead atoms. The maximum atomic E-state index is 12.4. The monoisotopic (exact) mass is 402 g/mol. The molecular weight excluding hydrogens is 384 g/mol. The van der Waals surface area contributed by atoms with Gasteiger partial charge in [0.25, 0.3) is 5.91 Å². The van der Waals surface area contributed by atoms with E-state index in [9.17, 15) is 4.79 Å². The van der Waals surface area contributed by atoms with E-state index in [1.807, 2.05) is 65.2 Å². The Bertz CT molecular complexity index is 1230. The fraction of sp³-hybridized carbons (Fsp3) is 0.0435. The van der Waals surface area contributed by atoms with Crippen LogP contribution in [0.1, 0.15) is 0 Å². The van der Waals surface area contributed by atoms with Gasteiger partial charge in [0.15, 0.2) is 5.96 Å². The molecule has 0 aliphatic heterocycles. The quantitative estimate of drug-likeness (QED) is 0.391. The molecule has 4 aromatic rings. The molecule has 0 spiro atoms. The summed E-state index contributed by atoms with van der Waals surface area (Å²) in [4.78, 5) is 16.1. The van der Waals surface area contributed by atoms with Crippen LogP contribution in [0.4, 0.5) is 0 Å². The van der Waals surface area contributed by atoms with E-state index < -0.39 is 5.91 Å². The van der Waals surface area contributed by atoms with Crippen LogP contribution in [0.5, 0.6) is 0 Å². The molecule has 0 unspecified atom stereocenters. The van der Waals surface area contributed by atoms with E-state index in [4.69, 9.17) is 23.1 Å². The van der Waals surface area contributed by atoms with E-state index >= 15 is 0 Å². The zero-order chi connectivity index (χ0) is 20.4. The summed E-state index contributed by atoms with van der Waals surface area (Å²) >= 11 is 6.19. The summed E-state index contributed by atoms with van der Waals surface area (Å²) in [6, 6.07) is 25.7. The van der Waals surface area contributed by atoms with Crippen molar-refractivity contribution in [1.82, 2.24) is 4.57 Å². The zero-order valence-electron chi connectivity index (χ0n) is 15.5. The molecule has 29 heavy (non-hydrogen) atoms. The lowest BCUT2D eigenvalue weighted by molar-refractivity contribution is -0.118. The molecule has 5 nitrogen and oxygen atoms in total. The second kappa shape index (κ2) is 7.81. The van der Waals surface area contributed by atoms with Gasteiger partial charge in [-0.2, -0.15) is 4.99 Å². The molecule has 0 atom stereocenters. The van der Waals surface area contributed by atoms with Crippen LogP contribution in [0.15, 0.2) is 83.9 Å². The van der Waals surface area contributed by atoms with Gasteiger partial charge in [-0.25, -0.2) is 0 Å². The van der Waals surface area contributed by atoms with Gasteiger partial charge in [-0.05, 0) is 40.6 Å². The van der Waals surface area contributed by atoms with E-state index in [0.717, 1.165) is 33.3 Å². The summed E-state index contributed by atoms with van der Waals surface area (Å²) in [6.07, 6.45) is 0. The van der Waals surface area contributed by atoms with E-state index in [2.05, 4.69) is 23.2 Å². The molecular formula is C23H19ClN4O. The smallest absolute Gasteiger partial charge is 0.268 e. The number of carbonyl (C=O) groups excluding carboxylic acids is 1. The van der Waals surface area contributed by atoms with Crippen molar-refractivity contribution in [3.05, 3.63) is 83.9 Å². The summed E-state index contributed by atoms with van der Waals surface area (Å²) in [7, 11) is 0. The normalized spacial score (nSPS) is 10.8. The van der Waals surface area contributed by atoms with Gasteiger partial charge in [0.1, 0.15) is 6.54 Å². The fourth-order valence-corrected chi connectivity index (χ4v) is 3.73. The fourth-order valence-electron chi connectivity index (χ4n) is 3.54. The molecule has 0 saturated heterocycles. The standard InChI is InChI=1S/C23H19ClN4O/c24-17-8-3-7-16(13-17)20-11-12-21(28(20)14-22(29)27-23(25)26)19-10-4-6-15-5-1-2-9-18(15)19/h1-13H,14H2,(H4,25,26,27,29). The van der Waals surface area contributed by atoms with Gasteiger partial charge in [0.05, 0.1) is 0 Å². The average Bonchev–Trinajstić information content (AvgIpc) is 3.10. The topological polar surface area (TPSA) is 86.4 Å². The van der Waals surface area contributed by atoms with E-state index in [-0.39, 0.29) is 12.5 Å². The molecule has 1 aromatic heterocycles. The molecule has 3 aromatic carbocycles. The lowest BCUT2D eigenvalue weighted by atomic mass is 10.0. The Balaban J connectivity index is 1.92. The molecule has 6 heteroatoms. The van der Waals surface area contributed by atoms with Gasteiger partial charge in [0, 0.05) is 22.0 Å². The predicted molar refractivity (Wildman–Crippen MR) is 119 cm³/mol. The number of hydrogen-bond donors (Lipinski definition) is 2. The SMILES string of the molecule is NC(N)=NC(=O)Cn1c(-c2cccc(Cl)c2)ccc1-c1cccc2ccccc12. The summed E-state index contributed by atoms with van der Waals surface area (Å²) in [5.74, 6) is -0.677. The Morgan fingerprint density at radius 1 is 0.897 bits per heavy atom. The Hall–Kier alpha value is -3.57. The highest BCUT2D eigenvalue weighted by molar-refractivity contribution is 6.30. The van der Waals surface area contributed by atoms with Crippen LogP contribution in [0, 0.1) is 0 Å². The van der Waals surface area contributed by atoms with Crippen molar-refractivity contribution >= 4 is 34.2 Å². The summed E-state index contributed by atoms with van der Waals surface area (Å²) < 4.78 is 1.92. The first-order valence-corrected chi connectivity index (χ1v) is 9.47. The van der Waals surface area contributed by atoms with E-state index in [1.165, 1.54) is 0 Å². The number of halogens is 1. The predicted octanol–water partition coefficient (Wildman–Crippen LogP) is 4.43. The summed E-state index contributed by atoms with van der Waals surface area (Å²) in [6.45, 7) is 0.00526. The van der Waals surface area contributed by atoms with Crippen molar-refractivity contribution in [2.24, 2.45) is 16.5 Å². The molecule has 4 N–H and O–H groups in total. The minimum absolute atomic E-state index is 0.00526. The number of carbonyl (C=O) groups is 1. The Labute approximate surface area is 173 Å². The first-order valence-electron chi connectivity index (χ1n) is 9.09. The van der Waals surface area contributed by atoms with Crippen LogP contribution in [-0.2, 0) is 11.3 Å². The van der Waals surface area contributed by atoms with Crippen molar-refractivity contribution < 1.29 is 4.79 Å². The van der Waals surface area contributed by atoms with Crippen molar-refractivity contribution in [3.8, 4) is 22.5 Å².